The second-order valence-corrected chi connectivity index (χ2v) is 10.1. The molecule has 184 valence electrons. The van der Waals surface area contributed by atoms with Gasteiger partial charge in [0, 0.05) is 45.3 Å². The van der Waals surface area contributed by atoms with Crippen molar-refractivity contribution >= 4 is 29.9 Å². The van der Waals surface area contributed by atoms with Gasteiger partial charge in [-0.05, 0) is 36.4 Å². The lowest BCUT2D eigenvalue weighted by Gasteiger charge is -2.39. The molecule has 0 aliphatic carbocycles. The second-order valence-electron chi connectivity index (χ2n) is 10.1. The number of halogens is 1. The Bertz CT molecular complexity index is 679. The normalized spacial score (nSPS) is 18.2. The third-order valence-electron chi connectivity index (χ3n) is 6.18. The highest BCUT2D eigenvalue weighted by Crippen LogP contribution is 2.23. The molecule has 32 heavy (non-hydrogen) atoms. The van der Waals surface area contributed by atoms with E-state index in [-0.39, 0.29) is 29.4 Å². The van der Waals surface area contributed by atoms with E-state index in [4.69, 9.17) is 4.99 Å². The van der Waals surface area contributed by atoms with Crippen molar-refractivity contribution in [2.24, 2.45) is 10.9 Å². The lowest BCUT2D eigenvalue weighted by Crippen LogP contribution is -2.52. The van der Waals surface area contributed by atoms with Gasteiger partial charge in [-0.25, -0.2) is 0 Å². The molecule has 7 heteroatoms. The average Bonchev–Trinajstić information content (AvgIpc) is 2.72. The topological polar surface area (TPSA) is 63.1 Å². The third kappa shape index (κ3) is 9.15. The number of benzene rings is 1. The van der Waals surface area contributed by atoms with Crippen LogP contribution in [0.5, 0.6) is 0 Å². The average molecular weight is 560 g/mol. The van der Waals surface area contributed by atoms with Crippen molar-refractivity contribution in [1.82, 2.24) is 20.4 Å². The van der Waals surface area contributed by atoms with Crippen LogP contribution in [-0.2, 0) is 5.41 Å². The molecule has 1 aromatic carbocycles. The summed E-state index contributed by atoms with van der Waals surface area (Å²) in [5.41, 5.74) is 2.31. The zero-order valence-corrected chi connectivity index (χ0v) is 23.5. The van der Waals surface area contributed by atoms with Gasteiger partial charge in [0.25, 0.3) is 0 Å². The molecule has 1 fully saturated rings. The van der Waals surface area contributed by atoms with Gasteiger partial charge in [0.15, 0.2) is 5.96 Å². The van der Waals surface area contributed by atoms with Crippen LogP contribution in [0.15, 0.2) is 29.3 Å². The number of aliphatic hydroxyl groups excluding tert-OH is 1. The summed E-state index contributed by atoms with van der Waals surface area (Å²) in [6.07, 6.45) is -0.573. The number of likely N-dealkylation sites (N-methyl/N-ethyl adjacent to an activating group) is 1. The summed E-state index contributed by atoms with van der Waals surface area (Å²) < 4.78 is 0. The molecule has 0 amide bonds. The fourth-order valence-corrected chi connectivity index (χ4v) is 3.94. The monoisotopic (exact) mass is 559 g/mol. The first-order valence-corrected chi connectivity index (χ1v) is 11.8. The maximum atomic E-state index is 10.7. The van der Waals surface area contributed by atoms with E-state index in [0.29, 0.717) is 18.5 Å². The van der Waals surface area contributed by atoms with Crippen molar-refractivity contribution in [2.45, 2.75) is 59.1 Å². The largest absolute Gasteiger partial charge is 0.387 e. The molecule has 0 spiro atoms. The quantitative estimate of drug-likeness (QED) is 0.259. The molecule has 6 nitrogen and oxygen atoms in total. The Morgan fingerprint density at radius 1 is 1.06 bits per heavy atom. The molecule has 3 N–H and O–H groups in total. The molecular weight excluding hydrogens is 513 g/mol. The summed E-state index contributed by atoms with van der Waals surface area (Å²) in [4.78, 5) is 9.83. The molecule has 2 rings (SSSR count). The van der Waals surface area contributed by atoms with Crippen molar-refractivity contribution in [2.75, 3.05) is 52.9 Å². The number of nitrogens with one attached hydrogen (secondary N) is 2. The SMILES string of the molecule is CCNC(=NCC(C(C)C)N1CCN(C)CC1)NCC(O)c1ccc(C(C)(C)C)cc1.I. The Morgan fingerprint density at radius 3 is 2.16 bits per heavy atom. The highest BCUT2D eigenvalue weighted by Gasteiger charge is 2.25. The molecule has 1 aliphatic heterocycles. The Balaban J connectivity index is 0.00000512. The first-order chi connectivity index (χ1) is 14.6. The van der Waals surface area contributed by atoms with E-state index in [1.807, 2.05) is 12.1 Å². The van der Waals surface area contributed by atoms with Gasteiger partial charge in [0.1, 0.15) is 0 Å². The molecule has 0 aromatic heterocycles. The van der Waals surface area contributed by atoms with Gasteiger partial charge >= 0.3 is 0 Å². The molecule has 0 saturated carbocycles. The second kappa shape index (κ2) is 13.7. The Kier molecular flexibility index (Phi) is 12.5. The van der Waals surface area contributed by atoms with Gasteiger partial charge < -0.3 is 20.6 Å². The summed E-state index contributed by atoms with van der Waals surface area (Å²) in [6.45, 7) is 19.6. The minimum Gasteiger partial charge on any atom is -0.387 e. The molecule has 2 unspecified atom stereocenters. The van der Waals surface area contributed by atoms with Crippen LogP contribution in [0.1, 0.15) is 58.8 Å². The van der Waals surface area contributed by atoms with Crippen LogP contribution in [0.2, 0.25) is 0 Å². The maximum absolute atomic E-state index is 10.7. The first kappa shape index (κ1) is 29.1. The van der Waals surface area contributed by atoms with Crippen molar-refractivity contribution in [3.63, 3.8) is 0 Å². The van der Waals surface area contributed by atoms with E-state index >= 15 is 0 Å². The van der Waals surface area contributed by atoms with Crippen LogP contribution < -0.4 is 10.6 Å². The molecule has 0 radical (unpaired) electrons. The van der Waals surface area contributed by atoms with Gasteiger partial charge in [-0.1, -0.05) is 58.9 Å². The Labute approximate surface area is 213 Å². The first-order valence-electron chi connectivity index (χ1n) is 11.8. The highest BCUT2D eigenvalue weighted by molar-refractivity contribution is 14.0. The maximum Gasteiger partial charge on any atom is 0.191 e. The minimum atomic E-state index is -0.573. The number of aliphatic hydroxyl groups is 1. The number of piperazine rings is 1. The molecule has 1 saturated heterocycles. The summed E-state index contributed by atoms with van der Waals surface area (Å²) in [5, 5.41) is 17.3. The van der Waals surface area contributed by atoms with Crippen molar-refractivity contribution in [3.8, 4) is 0 Å². The Hall–Kier alpha value is -0.900. The molecule has 2 atom stereocenters. The zero-order chi connectivity index (χ0) is 23.0. The van der Waals surface area contributed by atoms with Gasteiger partial charge in [0.2, 0.25) is 0 Å². The van der Waals surface area contributed by atoms with Gasteiger partial charge in [0.05, 0.1) is 12.6 Å². The number of nitrogens with zero attached hydrogens (tertiary/aromatic N) is 3. The lowest BCUT2D eigenvalue weighted by atomic mass is 9.86. The van der Waals surface area contributed by atoms with Crippen LogP contribution in [-0.4, -0.2) is 79.8 Å². The van der Waals surface area contributed by atoms with Gasteiger partial charge in [-0.15, -0.1) is 24.0 Å². The van der Waals surface area contributed by atoms with Crippen molar-refractivity contribution in [3.05, 3.63) is 35.4 Å². The van der Waals surface area contributed by atoms with Gasteiger partial charge in [-0.3, -0.25) is 9.89 Å². The predicted octanol–water partition coefficient (Wildman–Crippen LogP) is 3.46. The van der Waals surface area contributed by atoms with Crippen LogP contribution in [0.3, 0.4) is 0 Å². The van der Waals surface area contributed by atoms with E-state index in [1.165, 1.54) is 5.56 Å². The smallest absolute Gasteiger partial charge is 0.191 e. The van der Waals surface area contributed by atoms with E-state index < -0.39 is 6.10 Å². The van der Waals surface area contributed by atoms with Crippen LogP contribution in [0.4, 0.5) is 0 Å². The Morgan fingerprint density at radius 2 is 1.66 bits per heavy atom. The minimum absolute atomic E-state index is 0. The van der Waals surface area contributed by atoms with Crippen molar-refractivity contribution < 1.29 is 5.11 Å². The highest BCUT2D eigenvalue weighted by atomic mass is 127. The number of hydrogen-bond acceptors (Lipinski definition) is 4. The number of guanidine groups is 1. The summed E-state index contributed by atoms with van der Waals surface area (Å²) in [6, 6.07) is 8.71. The van der Waals surface area contributed by atoms with Gasteiger partial charge in [-0.2, -0.15) is 0 Å². The predicted molar refractivity (Wildman–Crippen MR) is 147 cm³/mol. The molecule has 0 bridgehead atoms. The number of hydrogen-bond donors (Lipinski definition) is 3. The number of rotatable bonds is 8. The van der Waals surface area contributed by atoms with Crippen LogP contribution in [0.25, 0.3) is 0 Å². The third-order valence-corrected chi connectivity index (χ3v) is 6.18. The number of aliphatic imine (C=N–C) groups is 1. The van der Waals surface area contributed by atoms with E-state index in [9.17, 15) is 5.11 Å². The summed E-state index contributed by atoms with van der Waals surface area (Å²) >= 11 is 0. The van der Waals surface area contributed by atoms with E-state index in [2.05, 4.69) is 81.2 Å². The fraction of sp³-hybridized carbons (Fsp3) is 0.720. The van der Waals surface area contributed by atoms with Crippen LogP contribution >= 0.6 is 24.0 Å². The fourth-order valence-electron chi connectivity index (χ4n) is 3.94. The standard InChI is InChI=1S/C25H45N5O.HI/c1-8-26-24(27-17-22(19(2)3)30-15-13-29(7)14-16-30)28-18-23(31)20-9-11-21(12-10-20)25(4,5)6;/h9-12,19,22-23,31H,8,13-18H2,1-7H3,(H2,26,27,28);1H. The molecule has 1 aliphatic rings. The molecular formula is C25H46IN5O. The van der Waals surface area contributed by atoms with E-state index in [1.54, 1.807) is 0 Å². The van der Waals surface area contributed by atoms with E-state index in [0.717, 1.165) is 50.8 Å². The molecule has 1 aromatic rings. The molecule has 1 heterocycles. The van der Waals surface area contributed by atoms with Crippen LogP contribution in [0, 0.1) is 5.92 Å². The summed E-state index contributed by atoms with van der Waals surface area (Å²) in [7, 11) is 2.19. The zero-order valence-electron chi connectivity index (χ0n) is 21.2. The summed E-state index contributed by atoms with van der Waals surface area (Å²) in [5.74, 6) is 1.31. The van der Waals surface area contributed by atoms with Crippen molar-refractivity contribution in [1.29, 1.82) is 0 Å². The lowest BCUT2D eigenvalue weighted by molar-refractivity contribution is 0.0925.